The van der Waals surface area contributed by atoms with Crippen molar-refractivity contribution in [2.45, 2.75) is 44.0 Å². The summed E-state index contributed by atoms with van der Waals surface area (Å²) in [6.45, 7) is -0.644. The van der Waals surface area contributed by atoms with Gasteiger partial charge in [-0.25, -0.2) is 0 Å². The normalized spacial score (nSPS) is 20.8. The molecule has 1 fully saturated rings. The number of esters is 1. The van der Waals surface area contributed by atoms with Crippen LogP contribution in [0.4, 0.5) is 0 Å². The molecule has 5 N–H and O–H groups in total. The highest BCUT2D eigenvalue weighted by Crippen LogP contribution is 2.06. The number of cyclic esters (lactones) is 1. The number of aliphatic hydroxyl groups is 5. The lowest BCUT2D eigenvalue weighted by atomic mass is 10.1. The van der Waals surface area contributed by atoms with Gasteiger partial charge in [-0.2, -0.15) is 0 Å². The predicted molar refractivity (Wildman–Crippen MR) is 61.6 cm³/mol. The van der Waals surface area contributed by atoms with Gasteiger partial charge in [-0.1, -0.05) is 0 Å². The Bertz CT molecular complexity index is 201. The zero-order chi connectivity index (χ0) is 14.0. The topological polar surface area (TPSA) is 127 Å². The first-order valence-corrected chi connectivity index (χ1v) is 5.94. The van der Waals surface area contributed by atoms with Crippen molar-refractivity contribution in [3.8, 4) is 0 Å². The van der Waals surface area contributed by atoms with Crippen LogP contribution in [0.3, 0.4) is 0 Å². The van der Waals surface area contributed by atoms with Crippen molar-refractivity contribution >= 4 is 5.97 Å². The molecule has 108 valence electrons. The predicted octanol–water partition coefficient (Wildman–Crippen LogP) is -1.84. The van der Waals surface area contributed by atoms with Crippen LogP contribution in [0.15, 0.2) is 0 Å². The number of ether oxygens (including phenoxy) is 1. The van der Waals surface area contributed by atoms with Crippen molar-refractivity contribution < 1.29 is 35.1 Å². The Morgan fingerprint density at radius 1 is 1.00 bits per heavy atom. The van der Waals surface area contributed by atoms with Crippen molar-refractivity contribution in [3.63, 3.8) is 0 Å². The van der Waals surface area contributed by atoms with Crippen LogP contribution in [0.25, 0.3) is 0 Å². The minimum absolute atomic E-state index is 0.0255. The van der Waals surface area contributed by atoms with Crippen molar-refractivity contribution in [2.24, 2.45) is 0 Å². The number of aliphatic hydroxyl groups excluding tert-OH is 5. The van der Waals surface area contributed by atoms with Crippen LogP contribution >= 0.6 is 0 Å². The molecule has 7 nitrogen and oxygen atoms in total. The fourth-order valence-corrected chi connectivity index (χ4v) is 1.28. The molecule has 0 spiro atoms. The Kier molecular flexibility index (Phi) is 9.80. The molecule has 1 rings (SSSR count). The number of hydrogen-bond acceptors (Lipinski definition) is 7. The van der Waals surface area contributed by atoms with Crippen LogP contribution in [0.1, 0.15) is 25.7 Å². The summed E-state index contributed by atoms with van der Waals surface area (Å²) >= 11 is 0. The van der Waals surface area contributed by atoms with Crippen LogP contribution in [0, 0.1) is 0 Å². The number of carbonyl (C=O) groups excluding carboxylic acids is 1. The first-order valence-electron chi connectivity index (χ1n) is 5.94. The van der Waals surface area contributed by atoms with E-state index in [1.807, 2.05) is 0 Å². The summed E-state index contributed by atoms with van der Waals surface area (Å²) in [7, 11) is 0. The molecular formula is C11H22O7. The highest BCUT2D eigenvalue weighted by molar-refractivity contribution is 5.69. The lowest BCUT2D eigenvalue weighted by Crippen LogP contribution is -2.41. The summed E-state index contributed by atoms with van der Waals surface area (Å²) in [4.78, 5) is 10.5. The standard InChI is InChI=1S/C6H10O2.C5H12O5/c7-6-4-2-1-3-5-8-6;6-1-3(8)5(10)4(9)2-7/h1-5H2;3-10H,1-2H2/t;3-,4+,5+. The Hall–Kier alpha value is -0.730. The fraction of sp³-hybridized carbons (Fsp3) is 0.909. The summed E-state index contributed by atoms with van der Waals surface area (Å²) < 4.78 is 4.76. The van der Waals surface area contributed by atoms with Gasteiger partial charge in [0.25, 0.3) is 0 Å². The Balaban J connectivity index is 0.000000327. The second-order valence-corrected chi connectivity index (χ2v) is 4.02. The molecule has 0 aromatic carbocycles. The maximum absolute atomic E-state index is 10.5. The zero-order valence-electron chi connectivity index (χ0n) is 10.2. The molecule has 0 unspecified atom stereocenters. The largest absolute Gasteiger partial charge is 0.466 e. The quantitative estimate of drug-likeness (QED) is 0.378. The summed E-state index contributed by atoms with van der Waals surface area (Å²) in [6.07, 6.45) is -0.463. The maximum atomic E-state index is 10.5. The molecule has 0 amide bonds. The van der Waals surface area contributed by atoms with E-state index in [-0.39, 0.29) is 5.97 Å². The van der Waals surface area contributed by atoms with Crippen LogP contribution < -0.4 is 0 Å². The van der Waals surface area contributed by atoms with Gasteiger partial charge in [0, 0.05) is 6.42 Å². The Morgan fingerprint density at radius 2 is 1.56 bits per heavy atom. The maximum Gasteiger partial charge on any atom is 0.305 e. The second-order valence-electron chi connectivity index (χ2n) is 4.02. The van der Waals surface area contributed by atoms with Gasteiger partial charge in [-0.05, 0) is 19.3 Å². The van der Waals surface area contributed by atoms with E-state index in [2.05, 4.69) is 0 Å². The first kappa shape index (κ1) is 17.3. The van der Waals surface area contributed by atoms with E-state index in [4.69, 9.17) is 30.3 Å². The van der Waals surface area contributed by atoms with Crippen LogP contribution in [-0.4, -0.2) is 69.6 Å². The molecule has 1 saturated heterocycles. The van der Waals surface area contributed by atoms with Crippen LogP contribution in [0.5, 0.6) is 0 Å². The van der Waals surface area contributed by atoms with Crippen LogP contribution in [-0.2, 0) is 9.53 Å². The third kappa shape index (κ3) is 7.57. The third-order valence-electron chi connectivity index (χ3n) is 2.45. The molecule has 0 radical (unpaired) electrons. The molecule has 0 aliphatic carbocycles. The van der Waals surface area contributed by atoms with Gasteiger partial charge in [0.2, 0.25) is 0 Å². The monoisotopic (exact) mass is 266 g/mol. The minimum atomic E-state index is -1.49. The number of rotatable bonds is 4. The summed E-state index contributed by atoms with van der Waals surface area (Å²) in [5.41, 5.74) is 0. The molecule has 7 heteroatoms. The van der Waals surface area contributed by atoms with Gasteiger partial charge >= 0.3 is 5.97 Å². The zero-order valence-corrected chi connectivity index (χ0v) is 10.2. The Morgan fingerprint density at radius 3 is 2.06 bits per heavy atom. The van der Waals surface area contributed by atoms with Gasteiger partial charge in [0.1, 0.15) is 18.3 Å². The number of hydrogen-bond donors (Lipinski definition) is 5. The molecule has 0 saturated carbocycles. The molecule has 0 aromatic heterocycles. The van der Waals surface area contributed by atoms with Crippen molar-refractivity contribution in [2.75, 3.05) is 19.8 Å². The SMILES string of the molecule is O=C1CCCCCO1.OC[C@@H](O)[C@H](O)[C@@H](O)CO. The van der Waals surface area contributed by atoms with E-state index in [9.17, 15) is 4.79 Å². The van der Waals surface area contributed by atoms with E-state index >= 15 is 0 Å². The van der Waals surface area contributed by atoms with E-state index in [1.165, 1.54) is 0 Å². The minimum Gasteiger partial charge on any atom is -0.466 e. The molecule has 1 aliphatic heterocycles. The van der Waals surface area contributed by atoms with Crippen molar-refractivity contribution in [3.05, 3.63) is 0 Å². The highest BCUT2D eigenvalue weighted by atomic mass is 16.5. The lowest BCUT2D eigenvalue weighted by molar-refractivity contribution is -0.142. The fourth-order valence-electron chi connectivity index (χ4n) is 1.28. The Labute approximate surface area is 106 Å². The van der Waals surface area contributed by atoms with Gasteiger partial charge in [0.15, 0.2) is 0 Å². The van der Waals surface area contributed by atoms with Gasteiger partial charge < -0.3 is 30.3 Å². The van der Waals surface area contributed by atoms with Crippen molar-refractivity contribution in [1.82, 2.24) is 0 Å². The molecule has 0 aromatic rings. The molecule has 1 heterocycles. The average Bonchev–Trinajstić information content (AvgIpc) is 2.64. The molecular weight excluding hydrogens is 244 g/mol. The average molecular weight is 266 g/mol. The van der Waals surface area contributed by atoms with E-state index in [1.54, 1.807) is 0 Å². The van der Waals surface area contributed by atoms with Gasteiger partial charge in [-0.3, -0.25) is 4.79 Å². The molecule has 0 bridgehead atoms. The van der Waals surface area contributed by atoms with E-state index in [0.29, 0.717) is 13.0 Å². The summed E-state index contributed by atoms with van der Waals surface area (Å²) in [5.74, 6) is -0.0255. The van der Waals surface area contributed by atoms with Crippen LogP contribution in [0.2, 0.25) is 0 Å². The smallest absolute Gasteiger partial charge is 0.305 e. The first-order chi connectivity index (χ1) is 8.52. The number of carbonyl (C=O) groups is 1. The molecule has 1 aliphatic rings. The van der Waals surface area contributed by atoms with Crippen molar-refractivity contribution in [1.29, 1.82) is 0 Å². The summed E-state index contributed by atoms with van der Waals surface area (Å²) in [5, 5.41) is 42.6. The van der Waals surface area contributed by atoms with Gasteiger partial charge in [-0.15, -0.1) is 0 Å². The molecule has 3 atom stereocenters. The highest BCUT2D eigenvalue weighted by Gasteiger charge is 2.22. The second kappa shape index (κ2) is 10.2. The molecule has 18 heavy (non-hydrogen) atoms. The van der Waals surface area contributed by atoms with Gasteiger partial charge in [0.05, 0.1) is 19.8 Å². The third-order valence-corrected chi connectivity index (χ3v) is 2.45. The van der Waals surface area contributed by atoms with E-state index < -0.39 is 31.5 Å². The van der Waals surface area contributed by atoms with E-state index in [0.717, 1.165) is 19.3 Å². The lowest BCUT2D eigenvalue weighted by Gasteiger charge is -2.19. The summed E-state index contributed by atoms with van der Waals surface area (Å²) in [6, 6.07) is 0.